The predicted octanol–water partition coefficient (Wildman–Crippen LogP) is 2.59. The van der Waals surface area contributed by atoms with Crippen LogP contribution in [0.1, 0.15) is 25.0 Å². The third kappa shape index (κ3) is 6.46. The minimum absolute atomic E-state index is 0.505. The predicted molar refractivity (Wildman–Crippen MR) is 89.1 cm³/mol. The van der Waals surface area contributed by atoms with Gasteiger partial charge < -0.3 is 19.7 Å². The highest BCUT2D eigenvalue weighted by molar-refractivity contribution is 5.54. The van der Waals surface area contributed by atoms with E-state index in [1.165, 1.54) is 16.8 Å². The molecule has 0 aliphatic rings. The summed E-state index contributed by atoms with van der Waals surface area (Å²) in [5.41, 5.74) is 3.88. The number of hydrogen-bond donors (Lipinski definition) is 1. The summed E-state index contributed by atoms with van der Waals surface area (Å²) < 4.78 is 10.4. The van der Waals surface area contributed by atoms with E-state index in [9.17, 15) is 0 Å². The number of nitrogens with zero attached hydrogens (tertiary/aromatic N) is 1. The Bertz CT molecular complexity index is 400. The van der Waals surface area contributed by atoms with E-state index >= 15 is 0 Å². The average Bonchev–Trinajstić information content (AvgIpc) is 2.46. The number of aryl methyl sites for hydroxylation is 1. The van der Waals surface area contributed by atoms with Crippen molar-refractivity contribution in [1.82, 2.24) is 5.32 Å². The van der Waals surface area contributed by atoms with E-state index in [0.29, 0.717) is 6.04 Å². The SMILES string of the molecule is COCCN(CCOC)c1ccc(CNC(C)C)cc1C. The fourth-order valence-corrected chi connectivity index (χ4v) is 2.26. The number of hydrogen-bond acceptors (Lipinski definition) is 4. The maximum atomic E-state index is 5.21. The molecule has 0 saturated heterocycles. The van der Waals surface area contributed by atoms with Gasteiger partial charge in [0, 0.05) is 45.6 Å². The molecular weight excluding hydrogens is 264 g/mol. The maximum Gasteiger partial charge on any atom is 0.0637 e. The van der Waals surface area contributed by atoms with E-state index < -0.39 is 0 Å². The highest BCUT2D eigenvalue weighted by Crippen LogP contribution is 2.21. The molecule has 0 heterocycles. The average molecular weight is 294 g/mol. The molecule has 0 aliphatic heterocycles. The Morgan fingerprint density at radius 1 is 1.10 bits per heavy atom. The lowest BCUT2D eigenvalue weighted by atomic mass is 10.1. The summed E-state index contributed by atoms with van der Waals surface area (Å²) >= 11 is 0. The molecule has 120 valence electrons. The fourth-order valence-electron chi connectivity index (χ4n) is 2.26. The minimum Gasteiger partial charge on any atom is -0.383 e. The Hall–Kier alpha value is -1.10. The summed E-state index contributed by atoms with van der Waals surface area (Å²) in [4.78, 5) is 2.32. The van der Waals surface area contributed by atoms with Crippen molar-refractivity contribution in [2.24, 2.45) is 0 Å². The van der Waals surface area contributed by atoms with Gasteiger partial charge in [-0.2, -0.15) is 0 Å². The van der Waals surface area contributed by atoms with Crippen molar-refractivity contribution < 1.29 is 9.47 Å². The lowest BCUT2D eigenvalue weighted by Crippen LogP contribution is -2.31. The number of anilines is 1. The van der Waals surface area contributed by atoms with Gasteiger partial charge in [0.25, 0.3) is 0 Å². The molecule has 1 aromatic rings. The van der Waals surface area contributed by atoms with Gasteiger partial charge in [-0.1, -0.05) is 26.0 Å². The highest BCUT2D eigenvalue weighted by Gasteiger charge is 2.09. The Labute approximate surface area is 129 Å². The first-order valence-corrected chi connectivity index (χ1v) is 7.64. The quantitative estimate of drug-likeness (QED) is 0.719. The third-order valence-corrected chi connectivity index (χ3v) is 3.45. The van der Waals surface area contributed by atoms with Crippen LogP contribution >= 0.6 is 0 Å². The molecule has 0 amide bonds. The lowest BCUT2D eigenvalue weighted by molar-refractivity contribution is 0.190. The zero-order chi connectivity index (χ0) is 15.7. The van der Waals surface area contributed by atoms with E-state index in [4.69, 9.17) is 9.47 Å². The molecule has 0 spiro atoms. The molecular formula is C17H30N2O2. The molecule has 0 atom stereocenters. The van der Waals surface area contributed by atoms with Crippen molar-refractivity contribution >= 4 is 5.69 Å². The molecule has 1 rings (SSSR count). The molecule has 1 N–H and O–H groups in total. The van der Waals surface area contributed by atoms with E-state index in [2.05, 4.69) is 49.2 Å². The zero-order valence-electron chi connectivity index (χ0n) is 14.1. The second-order valence-electron chi connectivity index (χ2n) is 5.63. The van der Waals surface area contributed by atoms with Gasteiger partial charge in [-0.15, -0.1) is 0 Å². The molecule has 0 fully saturated rings. The smallest absolute Gasteiger partial charge is 0.0637 e. The van der Waals surface area contributed by atoms with Gasteiger partial charge in [0.1, 0.15) is 0 Å². The van der Waals surface area contributed by atoms with E-state index in [-0.39, 0.29) is 0 Å². The molecule has 0 saturated carbocycles. The van der Waals surface area contributed by atoms with Gasteiger partial charge in [0.05, 0.1) is 13.2 Å². The van der Waals surface area contributed by atoms with Gasteiger partial charge in [-0.3, -0.25) is 0 Å². The fraction of sp³-hybridized carbons (Fsp3) is 0.647. The number of nitrogens with one attached hydrogen (secondary N) is 1. The molecule has 4 nitrogen and oxygen atoms in total. The largest absolute Gasteiger partial charge is 0.383 e. The van der Waals surface area contributed by atoms with Crippen LogP contribution in [0.15, 0.2) is 18.2 Å². The first kappa shape index (κ1) is 18.0. The monoisotopic (exact) mass is 294 g/mol. The number of ether oxygens (including phenoxy) is 2. The lowest BCUT2D eigenvalue weighted by Gasteiger charge is -2.26. The summed E-state index contributed by atoms with van der Waals surface area (Å²) in [7, 11) is 3.48. The molecule has 21 heavy (non-hydrogen) atoms. The van der Waals surface area contributed by atoms with Gasteiger partial charge >= 0.3 is 0 Å². The van der Waals surface area contributed by atoms with Crippen molar-refractivity contribution in [2.45, 2.75) is 33.4 Å². The third-order valence-electron chi connectivity index (χ3n) is 3.45. The van der Waals surface area contributed by atoms with E-state index in [1.54, 1.807) is 14.2 Å². The zero-order valence-corrected chi connectivity index (χ0v) is 14.1. The Balaban J connectivity index is 2.77. The van der Waals surface area contributed by atoms with Crippen LogP contribution in [-0.2, 0) is 16.0 Å². The van der Waals surface area contributed by atoms with Crippen LogP contribution in [0.2, 0.25) is 0 Å². The molecule has 0 aromatic heterocycles. The summed E-state index contributed by atoms with van der Waals surface area (Å²) in [6, 6.07) is 7.17. The van der Waals surface area contributed by atoms with Gasteiger partial charge in [0.15, 0.2) is 0 Å². The Morgan fingerprint density at radius 3 is 2.19 bits per heavy atom. The van der Waals surface area contributed by atoms with Gasteiger partial charge in [0.2, 0.25) is 0 Å². The normalized spacial score (nSPS) is 11.1. The van der Waals surface area contributed by atoms with Crippen LogP contribution in [0, 0.1) is 6.92 Å². The van der Waals surface area contributed by atoms with Crippen molar-refractivity contribution in [3.05, 3.63) is 29.3 Å². The summed E-state index contributed by atoms with van der Waals surface area (Å²) in [6.07, 6.45) is 0. The summed E-state index contributed by atoms with van der Waals surface area (Å²) in [5.74, 6) is 0. The van der Waals surface area contributed by atoms with Gasteiger partial charge in [-0.25, -0.2) is 0 Å². The van der Waals surface area contributed by atoms with Crippen LogP contribution in [0.25, 0.3) is 0 Å². The standard InChI is InChI=1S/C17H30N2O2/c1-14(2)18-13-16-6-7-17(15(3)12-16)19(8-10-20-4)9-11-21-5/h6-7,12,14,18H,8-11,13H2,1-5H3. The van der Waals surface area contributed by atoms with Crippen molar-refractivity contribution in [1.29, 1.82) is 0 Å². The topological polar surface area (TPSA) is 33.7 Å². The van der Waals surface area contributed by atoms with Gasteiger partial charge in [-0.05, 0) is 24.1 Å². The molecule has 0 radical (unpaired) electrons. The van der Waals surface area contributed by atoms with Crippen LogP contribution in [0.5, 0.6) is 0 Å². The highest BCUT2D eigenvalue weighted by atomic mass is 16.5. The second kappa shape index (κ2) is 9.77. The second-order valence-corrected chi connectivity index (χ2v) is 5.63. The first-order valence-electron chi connectivity index (χ1n) is 7.64. The van der Waals surface area contributed by atoms with Crippen LogP contribution in [-0.4, -0.2) is 46.6 Å². The minimum atomic E-state index is 0.505. The van der Waals surface area contributed by atoms with E-state index in [1.807, 2.05) is 0 Å². The number of rotatable bonds is 10. The molecule has 0 unspecified atom stereocenters. The summed E-state index contributed by atoms with van der Waals surface area (Å²) in [5, 5.41) is 3.45. The van der Waals surface area contributed by atoms with Crippen molar-refractivity contribution in [3.63, 3.8) is 0 Å². The molecule has 0 bridgehead atoms. The molecule has 0 aliphatic carbocycles. The van der Waals surface area contributed by atoms with E-state index in [0.717, 1.165) is 32.8 Å². The Kier molecular flexibility index (Phi) is 8.35. The maximum absolute atomic E-state index is 5.21. The molecule has 1 aromatic carbocycles. The molecule has 4 heteroatoms. The van der Waals surface area contributed by atoms with Crippen LogP contribution in [0.3, 0.4) is 0 Å². The number of benzene rings is 1. The van der Waals surface area contributed by atoms with Crippen molar-refractivity contribution in [3.8, 4) is 0 Å². The number of methoxy groups -OCH3 is 2. The Morgan fingerprint density at radius 2 is 1.71 bits per heavy atom. The van der Waals surface area contributed by atoms with Crippen LogP contribution in [0.4, 0.5) is 5.69 Å². The summed E-state index contributed by atoms with van der Waals surface area (Å²) in [6.45, 7) is 10.6. The van der Waals surface area contributed by atoms with Crippen molar-refractivity contribution in [2.75, 3.05) is 45.4 Å². The first-order chi connectivity index (χ1) is 10.1. The van der Waals surface area contributed by atoms with Crippen LogP contribution < -0.4 is 10.2 Å².